The van der Waals surface area contributed by atoms with Crippen molar-refractivity contribution in [2.75, 3.05) is 12.4 Å². The minimum Gasteiger partial charge on any atom is -0.377 e. The molecule has 2 rings (SSSR count). The Morgan fingerprint density at radius 2 is 2.41 bits per heavy atom. The first-order chi connectivity index (χ1) is 8.16. The molecule has 2 nitrogen and oxygen atoms in total. The molecule has 94 valence electrons. The molecule has 2 N–H and O–H groups in total. The van der Waals surface area contributed by atoms with Crippen LogP contribution in [0.25, 0.3) is 0 Å². The summed E-state index contributed by atoms with van der Waals surface area (Å²) in [5.74, 6) is 0.699. The van der Waals surface area contributed by atoms with Gasteiger partial charge in [-0.1, -0.05) is 0 Å². The Balaban J connectivity index is 2.03. The van der Waals surface area contributed by atoms with Crippen molar-refractivity contribution in [3.8, 4) is 0 Å². The Hall–Kier alpha value is -0.580. The molecule has 1 aromatic carbocycles. The second kappa shape index (κ2) is 5.85. The summed E-state index contributed by atoms with van der Waals surface area (Å²) in [5, 5.41) is 0. The third kappa shape index (κ3) is 3.44. The molecule has 1 saturated heterocycles. The highest BCUT2D eigenvalue weighted by Gasteiger charge is 2.17. The molecule has 1 fully saturated rings. The Bertz CT molecular complexity index is 378. The van der Waals surface area contributed by atoms with Gasteiger partial charge < -0.3 is 10.5 Å². The molecule has 0 aromatic heterocycles. The molecule has 0 radical (unpaired) electrons. The Labute approximate surface area is 106 Å². The van der Waals surface area contributed by atoms with Crippen molar-refractivity contribution in [3.63, 3.8) is 0 Å². The molecular formula is C13H18FNOS. The predicted molar refractivity (Wildman–Crippen MR) is 68.7 cm³/mol. The van der Waals surface area contributed by atoms with Crippen LogP contribution in [0, 0.1) is 5.82 Å². The van der Waals surface area contributed by atoms with Gasteiger partial charge in [0.2, 0.25) is 0 Å². The van der Waals surface area contributed by atoms with E-state index in [1.165, 1.54) is 12.1 Å². The molecule has 17 heavy (non-hydrogen) atoms. The Morgan fingerprint density at radius 1 is 1.59 bits per heavy atom. The fraction of sp³-hybridized carbons (Fsp3) is 0.538. The van der Waals surface area contributed by atoms with E-state index in [0.717, 1.165) is 35.7 Å². The maximum Gasteiger partial charge on any atom is 0.123 e. The Morgan fingerprint density at radius 3 is 3.06 bits per heavy atom. The van der Waals surface area contributed by atoms with Gasteiger partial charge in [-0.05, 0) is 43.5 Å². The summed E-state index contributed by atoms with van der Waals surface area (Å²) >= 11 is 1.71. The largest absolute Gasteiger partial charge is 0.377 e. The molecule has 2 atom stereocenters. The molecule has 1 aliphatic rings. The number of ether oxygens (including phenoxy) is 1. The van der Waals surface area contributed by atoms with Gasteiger partial charge in [0.05, 0.1) is 6.10 Å². The van der Waals surface area contributed by atoms with Crippen molar-refractivity contribution < 1.29 is 9.13 Å². The zero-order chi connectivity index (χ0) is 12.3. The smallest absolute Gasteiger partial charge is 0.123 e. The number of halogens is 1. The second-order valence-corrected chi connectivity index (χ2v) is 5.48. The van der Waals surface area contributed by atoms with Crippen LogP contribution in [0.2, 0.25) is 0 Å². The van der Waals surface area contributed by atoms with Gasteiger partial charge in [0.1, 0.15) is 5.82 Å². The van der Waals surface area contributed by atoms with Crippen LogP contribution in [-0.2, 0) is 4.74 Å². The van der Waals surface area contributed by atoms with Gasteiger partial charge in [-0.3, -0.25) is 0 Å². The molecular weight excluding hydrogens is 237 g/mol. The molecule has 2 unspecified atom stereocenters. The number of hydrogen-bond acceptors (Lipinski definition) is 3. The molecule has 0 bridgehead atoms. The first kappa shape index (κ1) is 12.9. The molecule has 0 amide bonds. The minimum absolute atomic E-state index is 0.141. The highest BCUT2D eigenvalue weighted by molar-refractivity contribution is 7.99. The average Bonchev–Trinajstić information content (AvgIpc) is 2.80. The molecule has 0 aliphatic carbocycles. The van der Waals surface area contributed by atoms with E-state index in [1.807, 2.05) is 13.0 Å². The van der Waals surface area contributed by atoms with Crippen LogP contribution in [0.4, 0.5) is 4.39 Å². The van der Waals surface area contributed by atoms with Gasteiger partial charge in [0.15, 0.2) is 0 Å². The fourth-order valence-corrected chi connectivity index (χ4v) is 3.17. The van der Waals surface area contributed by atoms with Gasteiger partial charge in [-0.2, -0.15) is 0 Å². The lowest BCUT2D eigenvalue weighted by Gasteiger charge is -2.14. The van der Waals surface area contributed by atoms with E-state index < -0.39 is 0 Å². The van der Waals surface area contributed by atoms with E-state index in [4.69, 9.17) is 10.5 Å². The van der Waals surface area contributed by atoms with Gasteiger partial charge in [-0.15, -0.1) is 11.8 Å². The number of hydrogen-bond donors (Lipinski definition) is 1. The van der Waals surface area contributed by atoms with Crippen LogP contribution >= 0.6 is 11.8 Å². The Kier molecular flexibility index (Phi) is 4.42. The molecule has 0 saturated carbocycles. The monoisotopic (exact) mass is 255 g/mol. The summed E-state index contributed by atoms with van der Waals surface area (Å²) in [6.45, 7) is 2.75. The number of benzene rings is 1. The van der Waals surface area contributed by atoms with Crippen molar-refractivity contribution in [2.45, 2.75) is 36.8 Å². The topological polar surface area (TPSA) is 35.2 Å². The van der Waals surface area contributed by atoms with Gasteiger partial charge in [-0.25, -0.2) is 4.39 Å². The highest BCUT2D eigenvalue weighted by Crippen LogP contribution is 2.29. The predicted octanol–water partition coefficient (Wildman–Crippen LogP) is 3.12. The summed E-state index contributed by atoms with van der Waals surface area (Å²) in [5.41, 5.74) is 6.74. The van der Waals surface area contributed by atoms with E-state index in [9.17, 15) is 4.39 Å². The van der Waals surface area contributed by atoms with Crippen LogP contribution in [0.15, 0.2) is 23.1 Å². The quantitative estimate of drug-likeness (QED) is 0.840. The summed E-state index contributed by atoms with van der Waals surface area (Å²) < 4.78 is 18.7. The van der Waals surface area contributed by atoms with Crippen LogP contribution in [0.3, 0.4) is 0 Å². The van der Waals surface area contributed by atoms with E-state index >= 15 is 0 Å². The average molecular weight is 255 g/mol. The zero-order valence-electron chi connectivity index (χ0n) is 9.99. The zero-order valence-corrected chi connectivity index (χ0v) is 10.8. The van der Waals surface area contributed by atoms with Crippen LogP contribution in [0.5, 0.6) is 0 Å². The van der Waals surface area contributed by atoms with Gasteiger partial charge >= 0.3 is 0 Å². The normalized spacial score (nSPS) is 21.7. The van der Waals surface area contributed by atoms with E-state index in [-0.39, 0.29) is 11.9 Å². The van der Waals surface area contributed by atoms with E-state index in [0.29, 0.717) is 6.10 Å². The van der Waals surface area contributed by atoms with Crippen molar-refractivity contribution in [1.29, 1.82) is 0 Å². The van der Waals surface area contributed by atoms with Crippen LogP contribution < -0.4 is 5.73 Å². The van der Waals surface area contributed by atoms with E-state index in [1.54, 1.807) is 11.8 Å². The lowest BCUT2D eigenvalue weighted by atomic mass is 10.1. The summed E-state index contributed by atoms with van der Waals surface area (Å²) in [6.07, 6.45) is 2.61. The van der Waals surface area contributed by atoms with E-state index in [2.05, 4.69) is 0 Å². The first-order valence-corrected chi connectivity index (χ1v) is 6.95. The summed E-state index contributed by atoms with van der Waals surface area (Å²) in [6, 6.07) is 4.69. The molecule has 4 heteroatoms. The van der Waals surface area contributed by atoms with Crippen molar-refractivity contribution in [1.82, 2.24) is 0 Å². The van der Waals surface area contributed by atoms with Crippen LogP contribution in [0.1, 0.15) is 31.4 Å². The molecule has 1 aromatic rings. The second-order valence-electron chi connectivity index (χ2n) is 4.42. The van der Waals surface area contributed by atoms with Crippen molar-refractivity contribution >= 4 is 11.8 Å². The highest BCUT2D eigenvalue weighted by atomic mass is 32.2. The molecule has 1 heterocycles. The number of nitrogens with two attached hydrogens (primary N) is 1. The molecule has 0 spiro atoms. The van der Waals surface area contributed by atoms with Gasteiger partial charge in [0, 0.05) is 23.3 Å². The third-order valence-electron chi connectivity index (χ3n) is 2.91. The fourth-order valence-electron chi connectivity index (χ4n) is 1.97. The maximum atomic E-state index is 13.2. The SMILES string of the molecule is CC(N)c1cc(F)ccc1SCC1CCCO1. The summed E-state index contributed by atoms with van der Waals surface area (Å²) in [4.78, 5) is 1.07. The maximum absolute atomic E-state index is 13.2. The third-order valence-corrected chi connectivity index (χ3v) is 4.13. The lowest BCUT2D eigenvalue weighted by Crippen LogP contribution is -2.10. The van der Waals surface area contributed by atoms with Gasteiger partial charge in [0.25, 0.3) is 0 Å². The standard InChI is InChI=1S/C13H18FNOS/c1-9(15)12-7-10(14)4-5-13(12)17-8-11-3-2-6-16-11/h4-5,7,9,11H,2-3,6,8,15H2,1H3. The van der Waals surface area contributed by atoms with Crippen molar-refractivity contribution in [3.05, 3.63) is 29.6 Å². The van der Waals surface area contributed by atoms with Crippen molar-refractivity contribution in [2.24, 2.45) is 5.73 Å². The number of thioether (sulfide) groups is 1. The molecule has 1 aliphatic heterocycles. The lowest BCUT2D eigenvalue weighted by molar-refractivity contribution is 0.129. The number of rotatable bonds is 4. The van der Waals surface area contributed by atoms with Crippen LogP contribution in [-0.4, -0.2) is 18.5 Å². The minimum atomic E-state index is -0.223. The first-order valence-electron chi connectivity index (χ1n) is 5.96. The summed E-state index contributed by atoms with van der Waals surface area (Å²) in [7, 11) is 0.